The van der Waals surface area contributed by atoms with Crippen molar-refractivity contribution in [3.8, 4) is 0 Å². The maximum atomic E-state index is 12.6. The Morgan fingerprint density at radius 2 is 1.62 bits per heavy atom. The molecule has 0 aromatic heterocycles. The summed E-state index contributed by atoms with van der Waals surface area (Å²) in [5.41, 5.74) is 7.13. The van der Waals surface area contributed by atoms with Gasteiger partial charge in [-0.1, -0.05) is 43.3 Å². The van der Waals surface area contributed by atoms with Gasteiger partial charge in [0.05, 0.1) is 5.75 Å². The van der Waals surface area contributed by atoms with Gasteiger partial charge in [-0.25, -0.2) is 17.9 Å². The second-order valence-electron chi connectivity index (χ2n) is 9.17. The molecule has 2 aromatic rings. The van der Waals surface area contributed by atoms with Crippen LogP contribution in [-0.4, -0.2) is 89.6 Å². The van der Waals surface area contributed by atoms with Crippen molar-refractivity contribution in [3.05, 3.63) is 64.2 Å². The molecule has 0 bridgehead atoms. The number of amides is 2. The maximum absolute atomic E-state index is 12.6. The summed E-state index contributed by atoms with van der Waals surface area (Å²) in [6.07, 6.45) is 7.43. The van der Waals surface area contributed by atoms with Crippen LogP contribution in [0.15, 0.2) is 36.4 Å². The third-order valence-electron chi connectivity index (χ3n) is 6.79. The zero-order valence-electron chi connectivity index (χ0n) is 20.5. The molecule has 6 nitrogen and oxygen atoms in total. The van der Waals surface area contributed by atoms with E-state index in [-0.39, 0.29) is 57.1 Å². The Bertz CT molecular complexity index is 1060. The average molecular weight is 509 g/mol. The minimum atomic E-state index is -3.67. The van der Waals surface area contributed by atoms with E-state index < -0.39 is 16.1 Å². The number of unbranched alkanes of at least 4 members (excludes halogenated alkanes) is 1. The van der Waals surface area contributed by atoms with E-state index in [1.165, 1.54) is 27.8 Å². The number of carbonyl (C=O) groups is 1. The number of anilines is 1. The first-order valence-electron chi connectivity index (χ1n) is 12.2. The van der Waals surface area contributed by atoms with Gasteiger partial charge < -0.3 is 5.32 Å². The third kappa shape index (κ3) is 7.38. The third-order valence-corrected chi connectivity index (χ3v) is 8.12. The molecule has 2 aromatic carbocycles. The maximum Gasteiger partial charge on any atom is 0.332 e. The van der Waals surface area contributed by atoms with Gasteiger partial charge in [0.2, 0.25) is 10.0 Å². The zero-order chi connectivity index (χ0) is 23.3. The molecule has 0 fully saturated rings. The Hall–Kier alpha value is -0.744. The van der Waals surface area contributed by atoms with Crippen molar-refractivity contribution in [2.75, 3.05) is 24.2 Å². The molecule has 0 atom stereocenters. The van der Waals surface area contributed by atoms with Crippen molar-refractivity contribution >= 4 is 73.1 Å². The molecule has 4 rings (SSSR count). The normalized spacial score (nSPS) is 14.4. The van der Waals surface area contributed by atoms with E-state index >= 15 is 0 Å². The van der Waals surface area contributed by atoms with E-state index in [9.17, 15) is 13.2 Å². The fourth-order valence-corrected chi connectivity index (χ4v) is 6.14. The minimum absolute atomic E-state index is 0. The fraction of sp³-hybridized carbons (Fsp3) is 0.500. The van der Waals surface area contributed by atoms with Crippen LogP contribution in [0.1, 0.15) is 60.4 Å². The number of nitrogens with one attached hydrogen (secondary N) is 2. The van der Waals surface area contributed by atoms with Crippen LogP contribution in [0.2, 0.25) is 0 Å². The van der Waals surface area contributed by atoms with Crippen molar-refractivity contribution in [1.29, 1.82) is 0 Å². The van der Waals surface area contributed by atoms with E-state index in [1.807, 2.05) is 18.2 Å². The zero-order valence-corrected chi connectivity index (χ0v) is 24.5. The summed E-state index contributed by atoms with van der Waals surface area (Å²) in [7, 11) is -3.67. The summed E-state index contributed by atoms with van der Waals surface area (Å²) in [5, 5.41) is 2.91. The second-order valence-corrected chi connectivity index (χ2v) is 11.0. The molecule has 0 spiro atoms. The summed E-state index contributed by atoms with van der Waals surface area (Å²) in [4.78, 5) is 14.9. The van der Waals surface area contributed by atoms with Gasteiger partial charge in [0, 0.05) is 63.6 Å². The van der Waals surface area contributed by atoms with Gasteiger partial charge in [0.1, 0.15) is 0 Å². The predicted molar refractivity (Wildman–Crippen MR) is 139 cm³/mol. The minimum Gasteiger partial charge on any atom is -0.307 e. The fourth-order valence-electron chi connectivity index (χ4n) is 5.12. The SMILES string of the molecule is CCN(CCCCS(=O)(=O)NC(=O)Nc1c2c(cc3c1CCC3)CCC2)Cc1ccccc1.[K]. The van der Waals surface area contributed by atoms with Crippen LogP contribution >= 0.6 is 0 Å². The number of aryl methyl sites for hydroxylation is 2. The van der Waals surface area contributed by atoms with Gasteiger partial charge in [-0.3, -0.25) is 4.90 Å². The monoisotopic (exact) mass is 508 g/mol. The van der Waals surface area contributed by atoms with Crippen LogP contribution in [-0.2, 0) is 42.3 Å². The Morgan fingerprint density at radius 3 is 2.24 bits per heavy atom. The molecule has 179 valence electrons. The Morgan fingerprint density at radius 1 is 0.971 bits per heavy atom. The van der Waals surface area contributed by atoms with Crippen molar-refractivity contribution in [2.45, 2.75) is 64.8 Å². The van der Waals surface area contributed by atoms with Gasteiger partial charge in [-0.15, -0.1) is 0 Å². The molecule has 2 aliphatic rings. The molecule has 0 saturated heterocycles. The molecule has 2 N–H and O–H groups in total. The summed E-state index contributed by atoms with van der Waals surface area (Å²) in [6, 6.07) is 11.9. The quantitative estimate of drug-likeness (QED) is 0.375. The first-order chi connectivity index (χ1) is 15.9. The smallest absolute Gasteiger partial charge is 0.307 e. The topological polar surface area (TPSA) is 78.5 Å². The number of rotatable bonds is 10. The number of sulfonamides is 1. The number of hydrogen-bond donors (Lipinski definition) is 2. The molecule has 34 heavy (non-hydrogen) atoms. The number of hydrogen-bond acceptors (Lipinski definition) is 4. The van der Waals surface area contributed by atoms with Crippen LogP contribution in [0.3, 0.4) is 0 Å². The van der Waals surface area contributed by atoms with Crippen LogP contribution < -0.4 is 10.0 Å². The van der Waals surface area contributed by atoms with E-state index in [4.69, 9.17) is 0 Å². The number of urea groups is 1. The average Bonchev–Trinajstić information content (AvgIpc) is 3.45. The summed E-state index contributed by atoms with van der Waals surface area (Å²) < 4.78 is 27.3. The van der Waals surface area contributed by atoms with Crippen molar-refractivity contribution in [2.24, 2.45) is 0 Å². The van der Waals surface area contributed by atoms with E-state index in [2.05, 4.69) is 40.1 Å². The first-order valence-corrected chi connectivity index (χ1v) is 13.8. The molecular formula is C26H35KN3O3S. The first kappa shape index (κ1) is 27.8. The van der Waals surface area contributed by atoms with Crippen molar-refractivity contribution < 1.29 is 13.2 Å². The van der Waals surface area contributed by atoms with Gasteiger partial charge in [-0.2, -0.15) is 0 Å². The van der Waals surface area contributed by atoms with Crippen LogP contribution in [0, 0.1) is 0 Å². The Kier molecular flexibility index (Phi) is 10.6. The van der Waals surface area contributed by atoms with Crippen molar-refractivity contribution in [3.63, 3.8) is 0 Å². The number of carbonyl (C=O) groups excluding carboxylic acids is 1. The summed E-state index contributed by atoms with van der Waals surface area (Å²) in [6.45, 7) is 4.71. The van der Waals surface area contributed by atoms with E-state index in [0.29, 0.717) is 6.42 Å². The van der Waals surface area contributed by atoms with Gasteiger partial charge in [-0.05, 0) is 92.3 Å². The second kappa shape index (κ2) is 13.0. The van der Waals surface area contributed by atoms with Crippen LogP contribution in [0.4, 0.5) is 10.5 Å². The molecule has 0 aliphatic heterocycles. The molecule has 8 heteroatoms. The number of benzene rings is 2. The number of fused-ring (bicyclic) bond motifs is 2. The molecule has 2 amide bonds. The van der Waals surface area contributed by atoms with Crippen LogP contribution in [0.5, 0.6) is 0 Å². The van der Waals surface area contributed by atoms with E-state index in [1.54, 1.807) is 0 Å². The van der Waals surface area contributed by atoms with Gasteiger partial charge in [0.15, 0.2) is 0 Å². The summed E-state index contributed by atoms with van der Waals surface area (Å²) >= 11 is 0. The molecule has 2 aliphatic carbocycles. The molecule has 1 radical (unpaired) electrons. The van der Waals surface area contributed by atoms with Crippen LogP contribution in [0.25, 0.3) is 0 Å². The molecule has 0 unspecified atom stereocenters. The largest absolute Gasteiger partial charge is 0.332 e. The van der Waals surface area contributed by atoms with Crippen molar-refractivity contribution in [1.82, 2.24) is 9.62 Å². The Balaban J connectivity index is 0.00000324. The predicted octanol–water partition coefficient (Wildman–Crippen LogP) is 4.04. The van der Waals surface area contributed by atoms with Gasteiger partial charge in [0.25, 0.3) is 0 Å². The van der Waals surface area contributed by atoms with E-state index in [0.717, 1.165) is 70.3 Å². The summed E-state index contributed by atoms with van der Waals surface area (Å²) in [5.74, 6) is -0.0473. The molecular weight excluding hydrogens is 473 g/mol. The molecule has 0 heterocycles. The Labute approximate surface area is 246 Å². The molecule has 0 saturated carbocycles. The van der Waals surface area contributed by atoms with Gasteiger partial charge >= 0.3 is 6.03 Å². The number of nitrogens with zero attached hydrogens (tertiary/aromatic N) is 1. The standard InChI is InChI=1S/C26H35N3O3S.K/c1-2-29(19-20-10-4-3-5-11-20)16-6-7-17-33(31,32)28-26(30)27-25-23-14-8-12-21(23)18-22-13-9-15-24(22)25;/h3-5,10-11,18H,2,6-9,12-17,19H2,1H3,(H2,27,28,30);.